The molecule has 0 aliphatic carbocycles. The Morgan fingerprint density at radius 3 is 2.95 bits per heavy atom. The number of rotatable bonds is 2. The minimum atomic E-state index is -2.97. The van der Waals surface area contributed by atoms with E-state index in [0.29, 0.717) is 18.0 Å². The fourth-order valence-electron chi connectivity index (χ4n) is 2.27. The molecule has 0 saturated carbocycles. The molecule has 2 atom stereocenters. The Morgan fingerprint density at radius 2 is 2.26 bits per heavy atom. The molecule has 7 heteroatoms. The van der Waals surface area contributed by atoms with Crippen molar-refractivity contribution in [2.75, 3.05) is 11.1 Å². The second kappa shape index (κ2) is 4.49. The van der Waals surface area contributed by atoms with E-state index in [9.17, 15) is 8.42 Å². The summed E-state index contributed by atoms with van der Waals surface area (Å²) < 4.78 is 29.9. The number of hydrogen-bond donors (Lipinski definition) is 1. The minimum absolute atomic E-state index is 0.137. The number of benzene rings is 1. The largest absolute Gasteiger partial charge is 0.424 e. The molecular weight excluding hydrogens is 332 g/mol. The summed E-state index contributed by atoms with van der Waals surface area (Å²) in [5.74, 6) is 0.220. The lowest BCUT2D eigenvalue weighted by atomic mass is 10.2. The van der Waals surface area contributed by atoms with Gasteiger partial charge in [0.2, 0.25) is 0 Å². The topological polar surface area (TPSA) is 72.2 Å². The number of fused-ring (bicyclic) bond motifs is 1. The van der Waals surface area contributed by atoms with Gasteiger partial charge in [0.25, 0.3) is 6.01 Å². The van der Waals surface area contributed by atoms with Crippen LogP contribution in [0.4, 0.5) is 6.01 Å². The lowest BCUT2D eigenvalue weighted by Gasteiger charge is -2.13. The smallest absolute Gasteiger partial charge is 0.295 e. The van der Waals surface area contributed by atoms with E-state index < -0.39 is 15.1 Å². The SMILES string of the molecule is C[C@@H]1[C@H](Nc2nc3cc(Br)ccc3o2)CCS1(=O)=O. The van der Waals surface area contributed by atoms with Gasteiger partial charge in [0, 0.05) is 10.5 Å². The molecule has 0 bridgehead atoms. The fraction of sp³-hybridized carbons (Fsp3) is 0.417. The number of nitrogens with one attached hydrogen (secondary N) is 1. The molecule has 2 aromatic rings. The molecule has 1 aromatic carbocycles. The molecular formula is C12H13BrN2O3S. The molecule has 0 amide bonds. The molecule has 0 spiro atoms. The maximum atomic E-state index is 11.7. The Balaban J connectivity index is 1.86. The van der Waals surface area contributed by atoms with E-state index in [4.69, 9.17) is 4.42 Å². The molecule has 102 valence electrons. The van der Waals surface area contributed by atoms with Crippen molar-refractivity contribution in [3.05, 3.63) is 22.7 Å². The van der Waals surface area contributed by atoms with Gasteiger partial charge < -0.3 is 9.73 Å². The Hall–Kier alpha value is -1.08. The van der Waals surface area contributed by atoms with Crippen molar-refractivity contribution in [3.63, 3.8) is 0 Å². The van der Waals surface area contributed by atoms with Crippen LogP contribution in [-0.2, 0) is 9.84 Å². The summed E-state index contributed by atoms with van der Waals surface area (Å²) in [7, 11) is -2.97. The van der Waals surface area contributed by atoms with Crippen LogP contribution >= 0.6 is 15.9 Å². The molecule has 5 nitrogen and oxygen atoms in total. The summed E-state index contributed by atoms with van der Waals surface area (Å²) in [5.41, 5.74) is 1.42. The van der Waals surface area contributed by atoms with Crippen LogP contribution in [0.3, 0.4) is 0 Å². The average Bonchev–Trinajstić information content (AvgIpc) is 2.84. The van der Waals surface area contributed by atoms with Crippen molar-refractivity contribution in [1.29, 1.82) is 0 Å². The highest BCUT2D eigenvalue weighted by atomic mass is 79.9. The lowest BCUT2D eigenvalue weighted by Crippen LogP contribution is -2.29. The second-order valence-electron chi connectivity index (χ2n) is 4.74. The van der Waals surface area contributed by atoms with Crippen molar-refractivity contribution >= 4 is 42.9 Å². The molecule has 1 aliphatic heterocycles. The normalized spacial score (nSPS) is 25.8. The first-order valence-electron chi connectivity index (χ1n) is 6.00. The number of aromatic nitrogens is 1. The van der Waals surface area contributed by atoms with Crippen LogP contribution < -0.4 is 5.32 Å². The standard InChI is InChI=1S/C12H13BrN2O3S/c1-7-9(4-5-19(7,16)17)14-12-15-10-6-8(13)2-3-11(10)18-12/h2-3,6-7,9H,4-5H2,1H3,(H,14,15)/t7-,9-/m1/s1. The Kier molecular flexibility index (Phi) is 3.05. The molecule has 3 rings (SSSR count). The summed E-state index contributed by atoms with van der Waals surface area (Å²) >= 11 is 3.37. The molecule has 0 radical (unpaired) electrons. The van der Waals surface area contributed by atoms with E-state index in [-0.39, 0.29) is 11.8 Å². The van der Waals surface area contributed by atoms with Gasteiger partial charge in [-0.25, -0.2) is 8.42 Å². The molecule has 1 aliphatic rings. The van der Waals surface area contributed by atoms with Crippen molar-refractivity contribution in [2.45, 2.75) is 24.6 Å². The number of nitrogens with zero attached hydrogens (tertiary/aromatic N) is 1. The summed E-state index contributed by atoms with van der Waals surface area (Å²) in [6.07, 6.45) is 0.589. The highest BCUT2D eigenvalue weighted by molar-refractivity contribution is 9.10. The molecule has 2 heterocycles. The lowest BCUT2D eigenvalue weighted by molar-refractivity contribution is 0.577. The summed E-state index contributed by atoms with van der Waals surface area (Å²) in [6.45, 7) is 1.72. The summed E-state index contributed by atoms with van der Waals surface area (Å²) in [5, 5.41) is 2.67. The molecule has 1 aromatic heterocycles. The van der Waals surface area contributed by atoms with Crippen LogP contribution in [0.2, 0.25) is 0 Å². The van der Waals surface area contributed by atoms with E-state index in [1.165, 1.54) is 0 Å². The third-order valence-corrected chi connectivity index (χ3v) is 6.26. The van der Waals surface area contributed by atoms with Gasteiger partial charge in [-0.15, -0.1) is 0 Å². The highest BCUT2D eigenvalue weighted by Crippen LogP contribution is 2.27. The van der Waals surface area contributed by atoms with Gasteiger partial charge in [0.1, 0.15) is 5.52 Å². The monoisotopic (exact) mass is 344 g/mol. The first-order chi connectivity index (χ1) is 8.95. The maximum Gasteiger partial charge on any atom is 0.295 e. The number of hydrogen-bond acceptors (Lipinski definition) is 5. The first-order valence-corrected chi connectivity index (χ1v) is 8.51. The van der Waals surface area contributed by atoms with E-state index in [1.54, 1.807) is 6.92 Å². The Bertz CT molecular complexity index is 726. The van der Waals surface area contributed by atoms with E-state index in [2.05, 4.69) is 26.2 Å². The van der Waals surface area contributed by atoms with E-state index in [0.717, 1.165) is 9.99 Å². The van der Waals surface area contributed by atoms with Gasteiger partial charge in [-0.1, -0.05) is 15.9 Å². The summed E-state index contributed by atoms with van der Waals surface area (Å²) in [4.78, 5) is 4.32. The number of halogens is 1. The zero-order valence-electron chi connectivity index (χ0n) is 10.3. The Labute approximate surface area is 119 Å². The zero-order chi connectivity index (χ0) is 13.6. The number of oxazole rings is 1. The molecule has 1 N–H and O–H groups in total. The van der Waals surface area contributed by atoms with Crippen molar-refractivity contribution in [3.8, 4) is 0 Å². The third-order valence-electron chi connectivity index (χ3n) is 3.50. The van der Waals surface area contributed by atoms with E-state index in [1.807, 2.05) is 18.2 Å². The molecule has 0 unspecified atom stereocenters. The van der Waals surface area contributed by atoms with Crippen LogP contribution in [0.1, 0.15) is 13.3 Å². The predicted molar refractivity (Wildman–Crippen MR) is 77.0 cm³/mol. The average molecular weight is 345 g/mol. The van der Waals surface area contributed by atoms with Gasteiger partial charge in [-0.05, 0) is 31.5 Å². The van der Waals surface area contributed by atoms with Gasteiger partial charge in [-0.2, -0.15) is 4.98 Å². The zero-order valence-corrected chi connectivity index (χ0v) is 12.7. The van der Waals surface area contributed by atoms with Crippen LogP contribution in [0.25, 0.3) is 11.1 Å². The van der Waals surface area contributed by atoms with Crippen LogP contribution in [-0.4, -0.2) is 30.4 Å². The first kappa shape index (κ1) is 12.9. The highest BCUT2D eigenvalue weighted by Gasteiger charge is 2.37. The van der Waals surface area contributed by atoms with Crippen molar-refractivity contribution in [1.82, 2.24) is 4.98 Å². The fourth-order valence-corrected chi connectivity index (χ4v) is 4.28. The molecule has 1 fully saturated rings. The van der Waals surface area contributed by atoms with E-state index >= 15 is 0 Å². The van der Waals surface area contributed by atoms with Crippen LogP contribution in [0, 0.1) is 0 Å². The quantitative estimate of drug-likeness (QED) is 0.906. The third kappa shape index (κ3) is 2.36. The van der Waals surface area contributed by atoms with Gasteiger partial charge in [-0.3, -0.25) is 0 Å². The van der Waals surface area contributed by atoms with Crippen LogP contribution in [0.5, 0.6) is 0 Å². The minimum Gasteiger partial charge on any atom is -0.424 e. The Morgan fingerprint density at radius 1 is 1.47 bits per heavy atom. The number of sulfone groups is 1. The summed E-state index contributed by atoms with van der Waals surface area (Å²) in [6, 6.07) is 5.80. The van der Waals surface area contributed by atoms with Crippen molar-refractivity contribution in [2.24, 2.45) is 0 Å². The second-order valence-corrected chi connectivity index (χ2v) is 8.14. The predicted octanol–water partition coefficient (Wildman–Crippen LogP) is 2.58. The molecule has 19 heavy (non-hydrogen) atoms. The van der Waals surface area contributed by atoms with Gasteiger partial charge in [0.15, 0.2) is 15.4 Å². The van der Waals surface area contributed by atoms with Crippen LogP contribution in [0.15, 0.2) is 27.1 Å². The molecule has 1 saturated heterocycles. The van der Waals surface area contributed by atoms with Gasteiger partial charge in [0.05, 0.1) is 11.0 Å². The number of anilines is 1. The van der Waals surface area contributed by atoms with Gasteiger partial charge >= 0.3 is 0 Å². The maximum absolute atomic E-state index is 11.7. The van der Waals surface area contributed by atoms with Crippen molar-refractivity contribution < 1.29 is 12.8 Å².